The lowest BCUT2D eigenvalue weighted by Gasteiger charge is -2.11. The van der Waals surface area contributed by atoms with Crippen LogP contribution in [0.1, 0.15) is 12.0 Å². The van der Waals surface area contributed by atoms with Crippen molar-refractivity contribution in [2.24, 2.45) is 5.14 Å². The summed E-state index contributed by atoms with van der Waals surface area (Å²) in [5, 5.41) is 13.4. The fourth-order valence-corrected chi connectivity index (χ4v) is 1.82. The number of hydrogen-bond donors (Lipinski definition) is 2. The molecule has 0 saturated heterocycles. The van der Waals surface area contributed by atoms with Gasteiger partial charge in [0.1, 0.15) is 0 Å². The van der Waals surface area contributed by atoms with E-state index < -0.39 is 22.4 Å². The van der Waals surface area contributed by atoms with Crippen molar-refractivity contribution in [3.63, 3.8) is 0 Å². The van der Waals surface area contributed by atoms with E-state index in [9.17, 15) is 13.2 Å². The van der Waals surface area contributed by atoms with Crippen LogP contribution < -0.4 is 5.14 Å². The van der Waals surface area contributed by atoms with Crippen LogP contribution in [-0.2, 0) is 25.7 Å². The molecule has 3 N–H and O–H groups in total. The molecule has 0 heterocycles. The zero-order valence-corrected chi connectivity index (χ0v) is 9.76. The maximum Gasteiger partial charge on any atom is 0.334 e. The van der Waals surface area contributed by atoms with Gasteiger partial charge < -0.3 is 5.11 Å². The molecule has 0 saturated carbocycles. The summed E-state index contributed by atoms with van der Waals surface area (Å²) < 4.78 is 25.6. The van der Waals surface area contributed by atoms with Gasteiger partial charge in [-0.15, -0.1) is 0 Å². The second-order valence-corrected chi connectivity index (χ2v) is 4.62. The summed E-state index contributed by atoms with van der Waals surface area (Å²) in [6, 6.07) is 9.09. The Bertz CT molecular complexity index is 471. The molecule has 0 spiro atoms. The van der Waals surface area contributed by atoms with Crippen molar-refractivity contribution in [1.82, 2.24) is 0 Å². The number of carbonyl (C=O) groups is 1. The number of aliphatic carboxylic acids is 1. The second-order valence-electron chi connectivity index (χ2n) is 3.44. The highest BCUT2D eigenvalue weighted by molar-refractivity contribution is 7.84. The first-order chi connectivity index (χ1) is 7.88. The zero-order chi connectivity index (χ0) is 12.9. The van der Waals surface area contributed by atoms with E-state index in [0.717, 1.165) is 5.56 Å². The predicted octanol–water partition coefficient (Wildman–Crippen LogP) is 0.292. The SMILES string of the molecule is NS(=O)(=O)OC(CCc1ccccc1)C(=O)O. The quantitative estimate of drug-likeness (QED) is 0.763. The lowest BCUT2D eigenvalue weighted by atomic mass is 10.1. The molecular formula is C10H13NO5S. The first-order valence-corrected chi connectivity index (χ1v) is 6.33. The number of hydrogen-bond acceptors (Lipinski definition) is 4. The Morgan fingerprint density at radius 1 is 1.35 bits per heavy atom. The lowest BCUT2D eigenvalue weighted by Crippen LogP contribution is -2.30. The minimum atomic E-state index is -4.25. The van der Waals surface area contributed by atoms with Crippen molar-refractivity contribution in [3.05, 3.63) is 35.9 Å². The van der Waals surface area contributed by atoms with Crippen molar-refractivity contribution in [3.8, 4) is 0 Å². The Labute approximate surface area is 99.3 Å². The molecule has 94 valence electrons. The highest BCUT2D eigenvalue weighted by Gasteiger charge is 2.23. The third-order valence-corrected chi connectivity index (χ3v) is 2.56. The van der Waals surface area contributed by atoms with Gasteiger partial charge in [0.05, 0.1) is 0 Å². The molecular weight excluding hydrogens is 246 g/mol. The van der Waals surface area contributed by atoms with Crippen molar-refractivity contribution in [1.29, 1.82) is 0 Å². The van der Waals surface area contributed by atoms with E-state index in [4.69, 9.17) is 5.11 Å². The number of nitrogens with two attached hydrogens (primary N) is 1. The van der Waals surface area contributed by atoms with Gasteiger partial charge in [-0.3, -0.25) is 0 Å². The standard InChI is InChI=1S/C10H13NO5S/c11-17(14,15)16-9(10(12)13)7-6-8-4-2-1-3-5-8/h1-5,9H,6-7H2,(H,12,13)(H2,11,14,15). The molecule has 0 radical (unpaired) electrons. The highest BCUT2D eigenvalue weighted by Crippen LogP contribution is 2.09. The van der Waals surface area contributed by atoms with Gasteiger partial charge in [-0.05, 0) is 18.4 Å². The van der Waals surface area contributed by atoms with Crippen LogP contribution in [0.25, 0.3) is 0 Å². The van der Waals surface area contributed by atoms with Crippen LogP contribution in [0, 0.1) is 0 Å². The smallest absolute Gasteiger partial charge is 0.334 e. The molecule has 0 aliphatic heterocycles. The summed E-state index contributed by atoms with van der Waals surface area (Å²) in [4.78, 5) is 10.8. The third-order valence-electron chi connectivity index (χ3n) is 2.06. The summed E-state index contributed by atoms with van der Waals surface area (Å²) in [6.45, 7) is 0. The van der Waals surface area contributed by atoms with E-state index in [1.807, 2.05) is 30.3 Å². The van der Waals surface area contributed by atoms with Gasteiger partial charge in [-0.2, -0.15) is 8.42 Å². The van der Waals surface area contributed by atoms with E-state index in [1.165, 1.54) is 0 Å². The van der Waals surface area contributed by atoms with Crippen molar-refractivity contribution >= 4 is 16.3 Å². The normalized spacial score (nSPS) is 13.2. The molecule has 1 aromatic carbocycles. The van der Waals surface area contributed by atoms with Gasteiger partial charge in [0, 0.05) is 0 Å². The fourth-order valence-electron chi connectivity index (χ4n) is 1.32. The van der Waals surface area contributed by atoms with Gasteiger partial charge >= 0.3 is 16.3 Å². The third kappa shape index (κ3) is 5.43. The predicted molar refractivity (Wildman–Crippen MR) is 60.4 cm³/mol. The van der Waals surface area contributed by atoms with Crippen molar-refractivity contribution in [2.45, 2.75) is 18.9 Å². The van der Waals surface area contributed by atoms with Crippen LogP contribution >= 0.6 is 0 Å². The average molecular weight is 259 g/mol. The molecule has 6 nitrogen and oxygen atoms in total. The minimum absolute atomic E-state index is 0.0375. The average Bonchev–Trinajstić information content (AvgIpc) is 2.24. The Morgan fingerprint density at radius 3 is 2.41 bits per heavy atom. The zero-order valence-electron chi connectivity index (χ0n) is 8.94. The van der Waals surface area contributed by atoms with E-state index in [-0.39, 0.29) is 6.42 Å². The molecule has 0 aromatic heterocycles. The van der Waals surface area contributed by atoms with Crippen LogP contribution in [-0.4, -0.2) is 25.6 Å². The molecule has 0 amide bonds. The second kappa shape index (κ2) is 5.76. The van der Waals surface area contributed by atoms with Gasteiger partial charge in [-0.1, -0.05) is 30.3 Å². The summed E-state index contributed by atoms with van der Waals surface area (Å²) in [7, 11) is -4.25. The van der Waals surface area contributed by atoms with Crippen LogP contribution in [0.4, 0.5) is 0 Å². The molecule has 1 atom stereocenters. The van der Waals surface area contributed by atoms with E-state index in [2.05, 4.69) is 9.32 Å². The van der Waals surface area contributed by atoms with E-state index in [0.29, 0.717) is 6.42 Å². The van der Waals surface area contributed by atoms with Gasteiger partial charge in [0.2, 0.25) is 0 Å². The fraction of sp³-hybridized carbons (Fsp3) is 0.300. The van der Waals surface area contributed by atoms with Crippen LogP contribution in [0.3, 0.4) is 0 Å². The minimum Gasteiger partial charge on any atom is -0.479 e. The topological polar surface area (TPSA) is 107 Å². The summed E-state index contributed by atoms with van der Waals surface area (Å²) >= 11 is 0. The number of carboxylic acids is 1. The molecule has 0 aliphatic carbocycles. The molecule has 0 aliphatic rings. The first kappa shape index (κ1) is 13.6. The molecule has 7 heteroatoms. The summed E-state index contributed by atoms with van der Waals surface area (Å²) in [6.07, 6.45) is -1.02. The van der Waals surface area contributed by atoms with Crippen LogP contribution in [0.15, 0.2) is 30.3 Å². The Kier molecular flexibility index (Phi) is 4.62. The van der Waals surface area contributed by atoms with E-state index in [1.54, 1.807) is 0 Å². The first-order valence-electron chi connectivity index (χ1n) is 4.86. The number of aryl methyl sites for hydroxylation is 1. The maximum absolute atomic E-state index is 10.8. The van der Waals surface area contributed by atoms with Crippen LogP contribution in [0.2, 0.25) is 0 Å². The molecule has 1 aromatic rings. The Hall–Kier alpha value is -1.44. The highest BCUT2D eigenvalue weighted by atomic mass is 32.2. The Balaban J connectivity index is 2.60. The molecule has 0 bridgehead atoms. The molecule has 17 heavy (non-hydrogen) atoms. The maximum atomic E-state index is 10.8. The lowest BCUT2D eigenvalue weighted by molar-refractivity contribution is -0.145. The van der Waals surface area contributed by atoms with E-state index >= 15 is 0 Å². The van der Waals surface area contributed by atoms with Crippen molar-refractivity contribution < 1.29 is 22.5 Å². The molecule has 0 fully saturated rings. The van der Waals surface area contributed by atoms with Gasteiger partial charge in [-0.25, -0.2) is 14.1 Å². The summed E-state index contributed by atoms with van der Waals surface area (Å²) in [5.74, 6) is -1.35. The largest absolute Gasteiger partial charge is 0.479 e. The monoisotopic (exact) mass is 259 g/mol. The number of rotatable bonds is 6. The van der Waals surface area contributed by atoms with Crippen molar-refractivity contribution in [2.75, 3.05) is 0 Å². The summed E-state index contributed by atoms with van der Waals surface area (Å²) in [5.41, 5.74) is 0.900. The molecule has 1 rings (SSSR count). The van der Waals surface area contributed by atoms with Gasteiger partial charge in [0.15, 0.2) is 6.10 Å². The Morgan fingerprint density at radius 2 is 1.94 bits per heavy atom. The van der Waals surface area contributed by atoms with Crippen LogP contribution in [0.5, 0.6) is 0 Å². The number of carboxylic acid groups (broad SMARTS) is 1. The molecule has 1 unspecified atom stereocenters. The van der Waals surface area contributed by atoms with Gasteiger partial charge in [0.25, 0.3) is 0 Å². The number of benzene rings is 1.